The van der Waals surface area contributed by atoms with Gasteiger partial charge in [0.1, 0.15) is 0 Å². The second-order valence-electron chi connectivity index (χ2n) is 6.56. The third-order valence-corrected chi connectivity index (χ3v) is 4.80. The lowest BCUT2D eigenvalue weighted by atomic mass is 9.83. The minimum Gasteiger partial charge on any atom is -0.327 e. The van der Waals surface area contributed by atoms with Crippen molar-refractivity contribution in [1.29, 1.82) is 0 Å². The van der Waals surface area contributed by atoms with Gasteiger partial charge in [0, 0.05) is 18.1 Å². The second-order valence-corrected chi connectivity index (χ2v) is 6.56. The molecule has 0 spiro atoms. The first kappa shape index (κ1) is 12.4. The highest BCUT2D eigenvalue weighted by molar-refractivity contribution is 4.97. The van der Waals surface area contributed by atoms with Gasteiger partial charge in [-0.15, -0.1) is 0 Å². The van der Waals surface area contributed by atoms with Gasteiger partial charge in [0.2, 0.25) is 0 Å². The zero-order valence-electron chi connectivity index (χ0n) is 11.2. The van der Waals surface area contributed by atoms with Crippen LogP contribution < -0.4 is 5.73 Å². The molecule has 3 atom stereocenters. The van der Waals surface area contributed by atoms with Crippen molar-refractivity contribution in [2.45, 2.75) is 77.4 Å². The third-order valence-electron chi connectivity index (χ3n) is 4.80. The van der Waals surface area contributed by atoms with E-state index < -0.39 is 0 Å². The molecule has 1 aliphatic heterocycles. The molecule has 2 fully saturated rings. The molecule has 3 unspecified atom stereocenters. The van der Waals surface area contributed by atoms with E-state index in [1.807, 2.05) is 0 Å². The maximum Gasteiger partial charge on any atom is 0.0247 e. The van der Waals surface area contributed by atoms with Gasteiger partial charge in [0.25, 0.3) is 0 Å². The summed E-state index contributed by atoms with van der Waals surface area (Å²) in [6.07, 6.45) is 8.23. The van der Waals surface area contributed by atoms with Crippen molar-refractivity contribution in [1.82, 2.24) is 4.90 Å². The Morgan fingerprint density at radius 1 is 1.19 bits per heavy atom. The smallest absolute Gasteiger partial charge is 0.0247 e. The largest absolute Gasteiger partial charge is 0.327 e. The van der Waals surface area contributed by atoms with Gasteiger partial charge in [-0.1, -0.05) is 26.7 Å². The van der Waals surface area contributed by atoms with Crippen LogP contribution in [0.1, 0.15) is 59.3 Å². The van der Waals surface area contributed by atoms with Crippen molar-refractivity contribution >= 4 is 0 Å². The molecule has 0 aromatic carbocycles. The fourth-order valence-corrected chi connectivity index (χ4v) is 3.85. The van der Waals surface area contributed by atoms with Gasteiger partial charge in [-0.3, -0.25) is 4.90 Å². The molecular formula is C14H28N2. The minimum absolute atomic E-state index is 0.330. The Balaban J connectivity index is 2.11. The SMILES string of the molecule is CC(N)C1CCCCN1C1CCCC1(C)C. The number of rotatable bonds is 2. The van der Waals surface area contributed by atoms with E-state index in [-0.39, 0.29) is 0 Å². The number of piperidine rings is 1. The van der Waals surface area contributed by atoms with E-state index in [1.165, 1.54) is 45.1 Å². The van der Waals surface area contributed by atoms with Crippen LogP contribution in [0.25, 0.3) is 0 Å². The number of nitrogens with two attached hydrogens (primary N) is 1. The molecule has 1 aliphatic carbocycles. The maximum atomic E-state index is 6.17. The molecule has 0 bridgehead atoms. The summed E-state index contributed by atoms with van der Waals surface area (Å²) in [5.41, 5.74) is 6.68. The molecule has 2 nitrogen and oxygen atoms in total. The number of hydrogen-bond donors (Lipinski definition) is 1. The Bertz CT molecular complexity index is 235. The van der Waals surface area contributed by atoms with Crippen LogP contribution in [0.15, 0.2) is 0 Å². The Hall–Kier alpha value is -0.0800. The highest BCUT2D eigenvalue weighted by Gasteiger charge is 2.42. The van der Waals surface area contributed by atoms with Gasteiger partial charge >= 0.3 is 0 Å². The Kier molecular flexibility index (Phi) is 3.60. The lowest BCUT2D eigenvalue weighted by Gasteiger charge is -2.46. The van der Waals surface area contributed by atoms with Crippen LogP contribution in [0.3, 0.4) is 0 Å². The van der Waals surface area contributed by atoms with Crippen LogP contribution >= 0.6 is 0 Å². The average molecular weight is 224 g/mol. The number of likely N-dealkylation sites (tertiary alicyclic amines) is 1. The highest BCUT2D eigenvalue weighted by Crippen LogP contribution is 2.42. The molecule has 2 heteroatoms. The van der Waals surface area contributed by atoms with Gasteiger partial charge in [-0.05, 0) is 44.6 Å². The van der Waals surface area contributed by atoms with Crippen molar-refractivity contribution in [2.75, 3.05) is 6.54 Å². The topological polar surface area (TPSA) is 29.3 Å². The van der Waals surface area contributed by atoms with Gasteiger partial charge in [-0.25, -0.2) is 0 Å². The molecule has 2 aliphatic rings. The summed E-state index contributed by atoms with van der Waals surface area (Å²) in [6.45, 7) is 8.35. The average Bonchev–Trinajstić information content (AvgIpc) is 2.58. The van der Waals surface area contributed by atoms with Crippen molar-refractivity contribution < 1.29 is 0 Å². The van der Waals surface area contributed by atoms with Crippen LogP contribution in [-0.2, 0) is 0 Å². The minimum atomic E-state index is 0.330. The van der Waals surface area contributed by atoms with E-state index in [1.54, 1.807) is 0 Å². The molecule has 94 valence electrons. The molecule has 0 aromatic rings. The maximum absolute atomic E-state index is 6.17. The van der Waals surface area contributed by atoms with E-state index in [2.05, 4.69) is 25.7 Å². The highest BCUT2D eigenvalue weighted by atomic mass is 15.2. The predicted octanol–water partition coefficient (Wildman–Crippen LogP) is 2.77. The summed E-state index contributed by atoms with van der Waals surface area (Å²) in [4.78, 5) is 2.75. The van der Waals surface area contributed by atoms with Crippen LogP contribution in [0.5, 0.6) is 0 Å². The van der Waals surface area contributed by atoms with Crippen molar-refractivity contribution in [2.24, 2.45) is 11.1 Å². The van der Waals surface area contributed by atoms with E-state index in [9.17, 15) is 0 Å². The molecule has 1 saturated carbocycles. The molecule has 1 heterocycles. The van der Waals surface area contributed by atoms with Gasteiger partial charge in [-0.2, -0.15) is 0 Å². The molecule has 1 saturated heterocycles. The molecular weight excluding hydrogens is 196 g/mol. The second kappa shape index (κ2) is 4.66. The molecule has 0 amide bonds. The standard InChI is InChI=1S/C14H28N2/c1-11(15)12-7-4-5-10-16(12)13-8-6-9-14(13,2)3/h11-13H,4-10,15H2,1-3H3. The summed E-state index contributed by atoms with van der Waals surface area (Å²) >= 11 is 0. The zero-order chi connectivity index (χ0) is 11.8. The van der Waals surface area contributed by atoms with Crippen molar-refractivity contribution in [3.8, 4) is 0 Å². The van der Waals surface area contributed by atoms with Crippen molar-refractivity contribution in [3.63, 3.8) is 0 Å². The Morgan fingerprint density at radius 3 is 2.50 bits per heavy atom. The van der Waals surface area contributed by atoms with Gasteiger partial charge in [0.05, 0.1) is 0 Å². The van der Waals surface area contributed by atoms with Crippen LogP contribution in [0, 0.1) is 5.41 Å². The molecule has 16 heavy (non-hydrogen) atoms. The lowest BCUT2D eigenvalue weighted by molar-refractivity contribution is 0.0349. The Labute approximate surface area is 101 Å². The first-order valence-corrected chi connectivity index (χ1v) is 7.04. The Morgan fingerprint density at radius 2 is 1.94 bits per heavy atom. The molecule has 2 rings (SSSR count). The van der Waals surface area contributed by atoms with Crippen LogP contribution in [0.2, 0.25) is 0 Å². The summed E-state index contributed by atoms with van der Waals surface area (Å²) < 4.78 is 0. The fraction of sp³-hybridized carbons (Fsp3) is 1.00. The van der Waals surface area contributed by atoms with E-state index >= 15 is 0 Å². The van der Waals surface area contributed by atoms with Crippen LogP contribution in [0.4, 0.5) is 0 Å². The van der Waals surface area contributed by atoms with E-state index in [0.29, 0.717) is 17.5 Å². The summed E-state index contributed by atoms with van der Waals surface area (Å²) in [5.74, 6) is 0. The van der Waals surface area contributed by atoms with E-state index in [0.717, 1.165) is 6.04 Å². The third kappa shape index (κ3) is 2.28. The monoisotopic (exact) mass is 224 g/mol. The quantitative estimate of drug-likeness (QED) is 0.781. The molecule has 0 aromatic heterocycles. The summed E-state index contributed by atoms with van der Waals surface area (Å²) in [7, 11) is 0. The summed E-state index contributed by atoms with van der Waals surface area (Å²) in [5, 5.41) is 0. The summed E-state index contributed by atoms with van der Waals surface area (Å²) in [6, 6.07) is 1.75. The van der Waals surface area contributed by atoms with E-state index in [4.69, 9.17) is 5.73 Å². The fourth-order valence-electron chi connectivity index (χ4n) is 3.85. The van der Waals surface area contributed by atoms with Crippen LogP contribution in [-0.4, -0.2) is 29.6 Å². The molecule has 2 N–H and O–H groups in total. The normalized spacial score (nSPS) is 37.5. The van der Waals surface area contributed by atoms with Crippen molar-refractivity contribution in [3.05, 3.63) is 0 Å². The predicted molar refractivity (Wildman–Crippen MR) is 69.4 cm³/mol. The van der Waals surface area contributed by atoms with Gasteiger partial charge in [0.15, 0.2) is 0 Å². The molecule has 0 radical (unpaired) electrons. The first-order chi connectivity index (χ1) is 7.52. The number of nitrogens with zero attached hydrogens (tertiary/aromatic N) is 1. The first-order valence-electron chi connectivity index (χ1n) is 7.04. The van der Waals surface area contributed by atoms with Gasteiger partial charge < -0.3 is 5.73 Å². The lowest BCUT2D eigenvalue weighted by Crippen LogP contribution is -2.55. The number of hydrogen-bond acceptors (Lipinski definition) is 2. The zero-order valence-corrected chi connectivity index (χ0v) is 11.2.